The third-order valence-corrected chi connectivity index (χ3v) is 4.83. The van der Waals surface area contributed by atoms with Crippen LogP contribution >= 0.6 is 27.5 Å². The van der Waals surface area contributed by atoms with Crippen molar-refractivity contribution >= 4 is 38.5 Å². The molecule has 0 bridgehead atoms. The van der Waals surface area contributed by atoms with Crippen molar-refractivity contribution in [3.8, 4) is 6.07 Å². The van der Waals surface area contributed by atoms with Crippen molar-refractivity contribution in [3.63, 3.8) is 0 Å². The van der Waals surface area contributed by atoms with E-state index in [0.29, 0.717) is 26.2 Å². The highest BCUT2D eigenvalue weighted by atomic mass is 79.9. The van der Waals surface area contributed by atoms with Gasteiger partial charge in [0.2, 0.25) is 5.43 Å². The predicted octanol–water partition coefficient (Wildman–Crippen LogP) is 5.13. The van der Waals surface area contributed by atoms with Crippen molar-refractivity contribution < 1.29 is 4.42 Å². The first kappa shape index (κ1) is 14.6. The third kappa shape index (κ3) is 2.61. The first-order valence-corrected chi connectivity index (χ1v) is 8.14. The zero-order valence-corrected chi connectivity index (χ0v) is 13.6. The fourth-order valence-electron chi connectivity index (χ4n) is 3.00. The Morgan fingerprint density at radius 2 is 2.00 bits per heavy atom. The van der Waals surface area contributed by atoms with Crippen molar-refractivity contribution in [1.82, 2.24) is 0 Å². The molecule has 1 fully saturated rings. The highest BCUT2D eigenvalue weighted by molar-refractivity contribution is 9.10. The first-order chi connectivity index (χ1) is 10.1. The van der Waals surface area contributed by atoms with Crippen molar-refractivity contribution in [3.05, 3.63) is 43.2 Å². The van der Waals surface area contributed by atoms with Gasteiger partial charge < -0.3 is 4.42 Å². The Kier molecular flexibility index (Phi) is 4.05. The highest BCUT2D eigenvalue weighted by Gasteiger charge is 2.25. The summed E-state index contributed by atoms with van der Waals surface area (Å²) in [4.78, 5) is 12.6. The number of fused-ring (bicyclic) bond motifs is 1. The summed E-state index contributed by atoms with van der Waals surface area (Å²) in [5, 5.41) is 10.2. The maximum Gasteiger partial charge on any atom is 0.210 e. The van der Waals surface area contributed by atoms with Crippen molar-refractivity contribution in [2.24, 2.45) is 0 Å². The number of hydrogen-bond acceptors (Lipinski definition) is 3. The second kappa shape index (κ2) is 5.82. The summed E-state index contributed by atoms with van der Waals surface area (Å²) in [6, 6.07) is 5.28. The Morgan fingerprint density at radius 3 is 2.67 bits per heavy atom. The van der Waals surface area contributed by atoms with Crippen LogP contribution in [0.1, 0.15) is 49.3 Å². The van der Waals surface area contributed by atoms with Crippen molar-refractivity contribution in [2.75, 3.05) is 0 Å². The van der Waals surface area contributed by atoms with E-state index in [-0.39, 0.29) is 16.9 Å². The average molecular weight is 367 g/mol. The molecule has 0 N–H and O–H groups in total. The van der Waals surface area contributed by atoms with E-state index in [2.05, 4.69) is 15.9 Å². The van der Waals surface area contributed by atoms with Gasteiger partial charge in [-0.1, -0.05) is 30.9 Å². The first-order valence-electron chi connectivity index (χ1n) is 6.97. The summed E-state index contributed by atoms with van der Waals surface area (Å²) >= 11 is 9.37. The summed E-state index contributed by atoms with van der Waals surface area (Å²) in [6.45, 7) is 0. The molecule has 3 rings (SSSR count). The zero-order chi connectivity index (χ0) is 15.0. The normalized spacial score (nSPS) is 16.0. The number of hydrogen-bond donors (Lipinski definition) is 0. The van der Waals surface area contributed by atoms with Gasteiger partial charge in [-0.15, -0.1) is 0 Å². The molecule has 21 heavy (non-hydrogen) atoms. The molecule has 0 aliphatic heterocycles. The minimum absolute atomic E-state index is 0.128. The largest absolute Gasteiger partial charge is 0.458 e. The van der Waals surface area contributed by atoms with Crippen LogP contribution in [-0.2, 0) is 0 Å². The van der Waals surface area contributed by atoms with Gasteiger partial charge >= 0.3 is 0 Å². The van der Waals surface area contributed by atoms with Gasteiger partial charge in [0.25, 0.3) is 0 Å². The van der Waals surface area contributed by atoms with Crippen LogP contribution in [-0.4, -0.2) is 0 Å². The summed E-state index contributed by atoms with van der Waals surface area (Å²) in [5.41, 5.74) is 0.315. The lowest BCUT2D eigenvalue weighted by atomic mass is 9.85. The van der Waals surface area contributed by atoms with Crippen LogP contribution in [0.25, 0.3) is 11.0 Å². The molecule has 0 radical (unpaired) electrons. The van der Waals surface area contributed by atoms with Gasteiger partial charge in [-0.05, 0) is 40.9 Å². The molecule has 0 saturated heterocycles. The molecule has 1 aliphatic carbocycles. The molecule has 0 spiro atoms. The third-order valence-electron chi connectivity index (χ3n) is 4.03. The molecule has 1 aromatic carbocycles. The van der Waals surface area contributed by atoms with Gasteiger partial charge in [0, 0.05) is 10.9 Å². The van der Waals surface area contributed by atoms with E-state index in [1.54, 1.807) is 12.1 Å². The van der Waals surface area contributed by atoms with Crippen LogP contribution in [0.4, 0.5) is 0 Å². The van der Waals surface area contributed by atoms with Crippen LogP contribution in [0.5, 0.6) is 0 Å². The monoisotopic (exact) mass is 365 g/mol. The minimum atomic E-state index is -0.289. The van der Waals surface area contributed by atoms with E-state index >= 15 is 0 Å². The Bertz CT molecular complexity index is 800. The quantitative estimate of drug-likeness (QED) is 0.703. The fraction of sp³-hybridized carbons (Fsp3) is 0.375. The topological polar surface area (TPSA) is 54.0 Å². The van der Waals surface area contributed by atoms with Gasteiger partial charge in [0.05, 0.1) is 9.86 Å². The van der Waals surface area contributed by atoms with Gasteiger partial charge in [0.15, 0.2) is 5.58 Å². The molecule has 0 amide bonds. The number of nitrogens with zero attached hydrogens (tertiary/aromatic N) is 1. The second-order valence-electron chi connectivity index (χ2n) is 5.38. The predicted molar refractivity (Wildman–Crippen MR) is 85.7 cm³/mol. The van der Waals surface area contributed by atoms with Crippen LogP contribution in [0.2, 0.25) is 5.02 Å². The van der Waals surface area contributed by atoms with Gasteiger partial charge in [-0.3, -0.25) is 4.79 Å². The SMILES string of the molecule is N#Cc1c(C2CCCCC2)oc2c(Br)cc(Cl)cc2c1=O. The summed E-state index contributed by atoms with van der Waals surface area (Å²) in [7, 11) is 0. The maximum absolute atomic E-state index is 12.6. The molecule has 3 nitrogen and oxygen atoms in total. The molecule has 2 aromatic rings. The molecule has 0 atom stereocenters. The van der Waals surface area contributed by atoms with Gasteiger partial charge in [-0.2, -0.15) is 5.26 Å². The number of benzene rings is 1. The van der Waals surface area contributed by atoms with E-state index in [4.69, 9.17) is 16.0 Å². The zero-order valence-electron chi connectivity index (χ0n) is 11.3. The van der Waals surface area contributed by atoms with Crippen LogP contribution in [0.15, 0.2) is 25.8 Å². The number of halogens is 2. The molecular weight excluding hydrogens is 354 g/mol. The molecule has 5 heteroatoms. The maximum atomic E-state index is 12.6. The van der Waals surface area contributed by atoms with E-state index in [1.165, 1.54) is 6.42 Å². The van der Waals surface area contributed by atoms with Crippen LogP contribution < -0.4 is 5.43 Å². The molecule has 1 aliphatic rings. The van der Waals surface area contributed by atoms with E-state index in [0.717, 1.165) is 25.7 Å². The second-order valence-corrected chi connectivity index (χ2v) is 6.67. The lowest BCUT2D eigenvalue weighted by Gasteiger charge is -2.21. The Balaban J connectivity index is 2.30. The Morgan fingerprint density at radius 1 is 1.29 bits per heavy atom. The number of rotatable bonds is 1. The lowest BCUT2D eigenvalue weighted by molar-refractivity contribution is 0.378. The fourth-order valence-corrected chi connectivity index (χ4v) is 3.89. The lowest BCUT2D eigenvalue weighted by Crippen LogP contribution is -2.15. The van der Waals surface area contributed by atoms with Crippen molar-refractivity contribution in [1.29, 1.82) is 5.26 Å². The van der Waals surface area contributed by atoms with Gasteiger partial charge in [0.1, 0.15) is 17.4 Å². The van der Waals surface area contributed by atoms with Crippen LogP contribution in [0, 0.1) is 11.3 Å². The summed E-state index contributed by atoms with van der Waals surface area (Å²) in [6.07, 6.45) is 5.36. The average Bonchev–Trinajstić information content (AvgIpc) is 2.49. The molecule has 108 valence electrons. The smallest absolute Gasteiger partial charge is 0.210 e. The van der Waals surface area contributed by atoms with Crippen LogP contribution in [0.3, 0.4) is 0 Å². The molecular formula is C16H13BrClNO2. The minimum Gasteiger partial charge on any atom is -0.458 e. The van der Waals surface area contributed by atoms with E-state index in [1.807, 2.05) is 6.07 Å². The summed E-state index contributed by atoms with van der Waals surface area (Å²) < 4.78 is 6.60. The molecule has 1 aromatic heterocycles. The van der Waals surface area contributed by atoms with Crippen molar-refractivity contribution in [2.45, 2.75) is 38.0 Å². The Hall–Kier alpha value is -1.31. The van der Waals surface area contributed by atoms with E-state index < -0.39 is 0 Å². The molecule has 1 saturated carbocycles. The summed E-state index contributed by atoms with van der Waals surface area (Å²) in [5.74, 6) is 0.700. The van der Waals surface area contributed by atoms with Gasteiger partial charge in [-0.25, -0.2) is 0 Å². The highest BCUT2D eigenvalue weighted by Crippen LogP contribution is 2.36. The standard InChI is InChI=1S/C16H13BrClNO2/c17-13-7-10(18)6-11-14(20)12(8-19)15(21-16(11)13)9-4-2-1-3-5-9/h6-7,9H,1-5H2. The molecule has 0 unspecified atom stereocenters. The number of nitriles is 1. The Labute approximate surface area is 135 Å². The molecule has 1 heterocycles. The van der Waals surface area contributed by atoms with E-state index in [9.17, 15) is 10.1 Å².